The molecule has 0 radical (unpaired) electrons. The molecular weight excluding hydrogens is 206 g/mol. The van der Waals surface area contributed by atoms with Crippen LogP contribution in [0.15, 0.2) is 6.07 Å². The van der Waals surface area contributed by atoms with Gasteiger partial charge >= 0.3 is 5.97 Å². The monoisotopic (exact) mass is 223 g/mol. The van der Waals surface area contributed by atoms with Crippen LogP contribution >= 0.6 is 0 Å². The molecule has 0 bridgehead atoms. The highest BCUT2D eigenvalue weighted by molar-refractivity contribution is 5.89. The van der Waals surface area contributed by atoms with Gasteiger partial charge in [-0.05, 0) is 32.8 Å². The van der Waals surface area contributed by atoms with Gasteiger partial charge in [0.05, 0.1) is 11.7 Å². The molecule has 1 aliphatic rings. The Balaban J connectivity index is 2.25. The molecule has 0 atom stereocenters. The summed E-state index contributed by atoms with van der Waals surface area (Å²) in [5.41, 5.74) is 2.29. The van der Waals surface area contributed by atoms with Gasteiger partial charge in [-0.2, -0.15) is 0 Å². The molecule has 0 saturated heterocycles. The molecule has 0 aromatic carbocycles. The van der Waals surface area contributed by atoms with Crippen LogP contribution < -0.4 is 0 Å². The number of carboxylic acid groups (broad SMARTS) is 1. The molecule has 88 valence electrons. The number of aromatic nitrogens is 1. The Morgan fingerprint density at radius 3 is 2.56 bits per heavy atom. The van der Waals surface area contributed by atoms with Crippen LogP contribution in [0.3, 0.4) is 0 Å². The van der Waals surface area contributed by atoms with E-state index < -0.39 is 5.97 Å². The second-order valence-corrected chi connectivity index (χ2v) is 4.44. The summed E-state index contributed by atoms with van der Waals surface area (Å²) in [4.78, 5) is 11.0. The largest absolute Gasteiger partial charge is 0.478 e. The summed E-state index contributed by atoms with van der Waals surface area (Å²) in [5.74, 6) is -0.845. The maximum atomic E-state index is 11.0. The van der Waals surface area contributed by atoms with Crippen LogP contribution in [0.4, 0.5) is 0 Å². The van der Waals surface area contributed by atoms with Gasteiger partial charge in [-0.1, -0.05) is 0 Å². The molecule has 0 spiro atoms. The topological polar surface area (TPSA) is 51.5 Å². The normalized spacial score (nSPS) is 24.2. The van der Waals surface area contributed by atoms with Crippen LogP contribution in [0, 0.1) is 13.8 Å². The number of nitrogens with zero attached hydrogens (tertiary/aromatic N) is 1. The van der Waals surface area contributed by atoms with Gasteiger partial charge in [0.15, 0.2) is 0 Å². The third kappa shape index (κ3) is 1.63. The molecule has 2 rings (SSSR count). The minimum atomic E-state index is -0.845. The number of hydrogen-bond donors (Lipinski definition) is 1. The molecule has 0 unspecified atom stereocenters. The van der Waals surface area contributed by atoms with E-state index in [0.29, 0.717) is 17.7 Å². The summed E-state index contributed by atoms with van der Waals surface area (Å²) in [6.07, 6.45) is 2.29. The molecule has 1 heterocycles. The molecule has 0 amide bonds. The van der Waals surface area contributed by atoms with E-state index >= 15 is 0 Å². The molecule has 4 nitrogen and oxygen atoms in total. The van der Waals surface area contributed by atoms with Crippen molar-refractivity contribution in [3.63, 3.8) is 0 Å². The van der Waals surface area contributed by atoms with Crippen molar-refractivity contribution in [2.24, 2.45) is 0 Å². The molecule has 1 fully saturated rings. The molecule has 1 aromatic heterocycles. The van der Waals surface area contributed by atoms with Crippen molar-refractivity contribution in [3.05, 3.63) is 23.0 Å². The SMILES string of the molecule is COC1CC(n2c(C)cc(C(=O)O)c2C)C1. The van der Waals surface area contributed by atoms with Gasteiger partial charge in [0.1, 0.15) is 0 Å². The van der Waals surface area contributed by atoms with Crippen molar-refractivity contribution in [1.82, 2.24) is 4.57 Å². The van der Waals surface area contributed by atoms with Crippen molar-refractivity contribution in [2.45, 2.75) is 38.8 Å². The zero-order valence-electron chi connectivity index (χ0n) is 9.86. The van der Waals surface area contributed by atoms with Crippen LogP contribution in [0.1, 0.15) is 40.6 Å². The fourth-order valence-corrected chi connectivity index (χ4v) is 2.50. The Kier molecular flexibility index (Phi) is 2.76. The van der Waals surface area contributed by atoms with Gasteiger partial charge in [0, 0.05) is 24.5 Å². The highest BCUT2D eigenvalue weighted by atomic mass is 16.5. The van der Waals surface area contributed by atoms with E-state index in [2.05, 4.69) is 4.57 Å². The molecule has 1 saturated carbocycles. The standard InChI is InChI=1S/C12H17NO3/c1-7-4-11(12(14)15)8(2)13(7)9-5-10(6-9)16-3/h4,9-10H,5-6H2,1-3H3,(H,14,15). The minimum absolute atomic E-state index is 0.333. The lowest BCUT2D eigenvalue weighted by atomic mass is 9.88. The molecule has 4 heteroatoms. The Hall–Kier alpha value is -1.29. The first-order valence-electron chi connectivity index (χ1n) is 5.49. The van der Waals surface area contributed by atoms with Crippen molar-refractivity contribution >= 4 is 5.97 Å². The van der Waals surface area contributed by atoms with Crippen molar-refractivity contribution in [3.8, 4) is 0 Å². The fraction of sp³-hybridized carbons (Fsp3) is 0.583. The smallest absolute Gasteiger partial charge is 0.337 e. The Labute approximate surface area is 94.8 Å². The second-order valence-electron chi connectivity index (χ2n) is 4.44. The first-order chi connectivity index (χ1) is 7.54. The maximum absolute atomic E-state index is 11.0. The molecular formula is C12H17NO3. The van der Waals surface area contributed by atoms with E-state index in [0.717, 1.165) is 24.2 Å². The molecule has 1 aromatic rings. The molecule has 1 aliphatic carbocycles. The van der Waals surface area contributed by atoms with Crippen molar-refractivity contribution < 1.29 is 14.6 Å². The average molecular weight is 223 g/mol. The predicted octanol–water partition coefficient (Wildman–Crippen LogP) is 2.15. The zero-order chi connectivity index (χ0) is 11.9. The van der Waals surface area contributed by atoms with Crippen LogP contribution in [-0.4, -0.2) is 28.9 Å². The lowest BCUT2D eigenvalue weighted by Crippen LogP contribution is -2.33. The summed E-state index contributed by atoms with van der Waals surface area (Å²) in [7, 11) is 1.72. The van der Waals surface area contributed by atoms with E-state index in [9.17, 15) is 4.79 Å². The van der Waals surface area contributed by atoms with Gasteiger partial charge in [-0.25, -0.2) is 4.79 Å². The summed E-state index contributed by atoms with van der Waals surface area (Å²) >= 11 is 0. The third-order valence-electron chi connectivity index (χ3n) is 3.48. The maximum Gasteiger partial charge on any atom is 0.337 e. The highest BCUT2D eigenvalue weighted by Crippen LogP contribution is 2.37. The molecule has 1 N–H and O–H groups in total. The van der Waals surface area contributed by atoms with E-state index in [1.807, 2.05) is 13.8 Å². The minimum Gasteiger partial charge on any atom is -0.478 e. The van der Waals surface area contributed by atoms with Gasteiger partial charge in [-0.15, -0.1) is 0 Å². The quantitative estimate of drug-likeness (QED) is 0.854. The van der Waals surface area contributed by atoms with E-state index in [4.69, 9.17) is 9.84 Å². The predicted molar refractivity (Wildman–Crippen MR) is 59.9 cm³/mol. The number of carbonyl (C=O) groups is 1. The first-order valence-corrected chi connectivity index (χ1v) is 5.49. The fourth-order valence-electron chi connectivity index (χ4n) is 2.50. The number of ether oxygens (including phenoxy) is 1. The van der Waals surface area contributed by atoms with E-state index in [1.165, 1.54) is 0 Å². The summed E-state index contributed by atoms with van der Waals surface area (Å²) in [5, 5.41) is 9.04. The van der Waals surface area contributed by atoms with Crippen molar-refractivity contribution in [2.75, 3.05) is 7.11 Å². The number of aromatic carboxylic acids is 1. The lowest BCUT2D eigenvalue weighted by molar-refractivity contribution is 0.00523. The Morgan fingerprint density at radius 2 is 2.12 bits per heavy atom. The number of rotatable bonds is 3. The zero-order valence-corrected chi connectivity index (χ0v) is 9.86. The number of methoxy groups -OCH3 is 1. The summed E-state index contributed by atoms with van der Waals surface area (Å²) < 4.78 is 7.37. The van der Waals surface area contributed by atoms with Gasteiger partial charge in [0.25, 0.3) is 0 Å². The lowest BCUT2D eigenvalue weighted by Gasteiger charge is -2.37. The van der Waals surface area contributed by atoms with Gasteiger partial charge in [-0.3, -0.25) is 0 Å². The van der Waals surface area contributed by atoms with E-state index in [1.54, 1.807) is 13.2 Å². The highest BCUT2D eigenvalue weighted by Gasteiger charge is 2.32. The van der Waals surface area contributed by atoms with Gasteiger partial charge < -0.3 is 14.4 Å². The van der Waals surface area contributed by atoms with Gasteiger partial charge in [0.2, 0.25) is 0 Å². The average Bonchev–Trinajstić information content (AvgIpc) is 2.43. The Bertz CT molecular complexity index is 416. The summed E-state index contributed by atoms with van der Waals surface area (Å²) in [6.45, 7) is 3.83. The van der Waals surface area contributed by atoms with E-state index in [-0.39, 0.29) is 0 Å². The summed E-state index contributed by atoms with van der Waals surface area (Å²) in [6, 6.07) is 2.15. The molecule has 16 heavy (non-hydrogen) atoms. The number of aryl methyl sites for hydroxylation is 1. The van der Waals surface area contributed by atoms with Crippen LogP contribution in [0.25, 0.3) is 0 Å². The third-order valence-corrected chi connectivity index (χ3v) is 3.48. The van der Waals surface area contributed by atoms with Crippen LogP contribution in [0.5, 0.6) is 0 Å². The Morgan fingerprint density at radius 1 is 1.50 bits per heavy atom. The first kappa shape index (κ1) is 11.2. The number of hydrogen-bond acceptors (Lipinski definition) is 2. The second kappa shape index (κ2) is 3.94. The van der Waals surface area contributed by atoms with Crippen LogP contribution in [-0.2, 0) is 4.74 Å². The van der Waals surface area contributed by atoms with Crippen molar-refractivity contribution in [1.29, 1.82) is 0 Å². The van der Waals surface area contributed by atoms with Crippen LogP contribution in [0.2, 0.25) is 0 Å². The number of carboxylic acids is 1. The molecule has 0 aliphatic heterocycles.